The molecule has 9 heteroatoms. The van der Waals surface area contributed by atoms with Gasteiger partial charge in [0.25, 0.3) is 11.5 Å². The SMILES string of the molecule is O=C1NC(=O)C(CCC(=O)N2CCc3c(nc(CC4CC4)[nH]c3=O)C2)N1. The van der Waals surface area contributed by atoms with Gasteiger partial charge in [0.2, 0.25) is 5.91 Å². The van der Waals surface area contributed by atoms with Crippen molar-refractivity contribution in [3.05, 3.63) is 27.4 Å². The number of carbonyl (C=O) groups is 3. The van der Waals surface area contributed by atoms with Gasteiger partial charge >= 0.3 is 6.03 Å². The van der Waals surface area contributed by atoms with Gasteiger partial charge in [-0.3, -0.25) is 19.7 Å². The maximum Gasteiger partial charge on any atom is 0.322 e. The zero-order valence-electron chi connectivity index (χ0n) is 14.3. The molecule has 26 heavy (non-hydrogen) atoms. The minimum Gasteiger partial charge on any atom is -0.336 e. The summed E-state index contributed by atoms with van der Waals surface area (Å²) < 4.78 is 0. The predicted molar refractivity (Wildman–Crippen MR) is 90.1 cm³/mol. The molecule has 4 amide bonds. The maximum atomic E-state index is 12.5. The van der Waals surface area contributed by atoms with Gasteiger partial charge in [0.15, 0.2) is 0 Å². The van der Waals surface area contributed by atoms with Crippen LogP contribution in [0.25, 0.3) is 0 Å². The molecule has 1 saturated heterocycles. The molecule has 3 aliphatic rings. The topological polar surface area (TPSA) is 124 Å². The molecule has 0 aromatic carbocycles. The highest BCUT2D eigenvalue weighted by molar-refractivity contribution is 6.04. The summed E-state index contributed by atoms with van der Waals surface area (Å²) in [5, 5.41) is 4.64. The van der Waals surface area contributed by atoms with E-state index in [4.69, 9.17) is 0 Å². The van der Waals surface area contributed by atoms with Crippen molar-refractivity contribution in [2.45, 2.75) is 51.1 Å². The zero-order chi connectivity index (χ0) is 18.3. The van der Waals surface area contributed by atoms with Crippen molar-refractivity contribution >= 4 is 17.8 Å². The number of aromatic amines is 1. The monoisotopic (exact) mass is 359 g/mol. The normalized spacial score (nSPS) is 22.0. The number of fused-ring (bicyclic) bond motifs is 1. The molecule has 1 atom stereocenters. The van der Waals surface area contributed by atoms with Crippen molar-refractivity contribution in [1.29, 1.82) is 0 Å². The molecule has 1 saturated carbocycles. The quantitative estimate of drug-likeness (QED) is 0.617. The molecule has 1 aromatic rings. The lowest BCUT2D eigenvalue weighted by Crippen LogP contribution is -2.40. The summed E-state index contributed by atoms with van der Waals surface area (Å²) in [5.41, 5.74) is 1.25. The molecule has 0 bridgehead atoms. The van der Waals surface area contributed by atoms with Crippen molar-refractivity contribution in [1.82, 2.24) is 25.5 Å². The molecule has 1 unspecified atom stereocenters. The number of nitrogens with one attached hydrogen (secondary N) is 3. The highest BCUT2D eigenvalue weighted by Crippen LogP contribution is 2.31. The minimum atomic E-state index is -0.658. The highest BCUT2D eigenvalue weighted by Gasteiger charge is 2.31. The maximum absolute atomic E-state index is 12.5. The Labute approximate surface area is 149 Å². The van der Waals surface area contributed by atoms with Crippen LogP contribution in [0, 0.1) is 5.92 Å². The van der Waals surface area contributed by atoms with Crippen LogP contribution in [0.15, 0.2) is 4.79 Å². The summed E-state index contributed by atoms with van der Waals surface area (Å²) >= 11 is 0. The Kier molecular flexibility index (Phi) is 4.21. The summed E-state index contributed by atoms with van der Waals surface area (Å²) in [6.45, 7) is 0.779. The third-order valence-electron chi connectivity index (χ3n) is 5.16. The number of aromatic nitrogens is 2. The number of carbonyl (C=O) groups excluding carboxylic acids is 3. The molecule has 0 spiro atoms. The van der Waals surface area contributed by atoms with Gasteiger partial charge in [-0.25, -0.2) is 9.78 Å². The summed E-state index contributed by atoms with van der Waals surface area (Å²) in [6.07, 6.45) is 4.04. The van der Waals surface area contributed by atoms with Crippen LogP contribution in [0.4, 0.5) is 4.79 Å². The summed E-state index contributed by atoms with van der Waals surface area (Å²) in [4.78, 5) is 56.5. The first-order chi connectivity index (χ1) is 12.5. The van der Waals surface area contributed by atoms with E-state index in [2.05, 4.69) is 20.6 Å². The molecule has 4 rings (SSSR count). The average molecular weight is 359 g/mol. The van der Waals surface area contributed by atoms with Gasteiger partial charge in [0.05, 0.1) is 12.2 Å². The van der Waals surface area contributed by atoms with E-state index in [-0.39, 0.29) is 24.3 Å². The first-order valence-corrected chi connectivity index (χ1v) is 8.99. The third kappa shape index (κ3) is 3.47. The molecular formula is C17H21N5O4. The van der Waals surface area contributed by atoms with Gasteiger partial charge in [0, 0.05) is 24.9 Å². The lowest BCUT2D eigenvalue weighted by molar-refractivity contribution is -0.132. The van der Waals surface area contributed by atoms with E-state index in [1.54, 1.807) is 4.90 Å². The Hall–Kier alpha value is -2.71. The van der Waals surface area contributed by atoms with E-state index >= 15 is 0 Å². The standard InChI is InChI=1S/C17H21N5O4/c23-14(4-3-11-16(25)21-17(26)19-11)22-6-5-10-12(8-22)18-13(20-15(10)24)7-9-1-2-9/h9,11H,1-8H2,(H,18,20,24)(H2,19,21,25,26). The number of amides is 4. The van der Waals surface area contributed by atoms with E-state index < -0.39 is 18.0 Å². The molecule has 3 heterocycles. The average Bonchev–Trinajstić information content (AvgIpc) is 3.35. The van der Waals surface area contributed by atoms with Crippen LogP contribution in [0.1, 0.15) is 42.8 Å². The first-order valence-electron chi connectivity index (χ1n) is 8.99. The van der Waals surface area contributed by atoms with Crippen molar-refractivity contribution in [2.24, 2.45) is 5.92 Å². The Bertz CT molecular complexity index is 829. The van der Waals surface area contributed by atoms with Gasteiger partial charge < -0.3 is 15.2 Å². The van der Waals surface area contributed by atoms with Crippen molar-refractivity contribution in [3.63, 3.8) is 0 Å². The van der Waals surface area contributed by atoms with Crippen LogP contribution < -0.4 is 16.2 Å². The Morgan fingerprint density at radius 1 is 1.23 bits per heavy atom. The van der Waals surface area contributed by atoms with Gasteiger partial charge in [-0.05, 0) is 31.6 Å². The number of hydrogen-bond acceptors (Lipinski definition) is 5. The minimum absolute atomic E-state index is 0.0944. The van der Waals surface area contributed by atoms with Crippen LogP contribution in [0.2, 0.25) is 0 Å². The van der Waals surface area contributed by atoms with E-state index in [1.807, 2.05) is 0 Å². The molecule has 1 aromatic heterocycles. The van der Waals surface area contributed by atoms with Gasteiger partial charge in [-0.15, -0.1) is 0 Å². The number of rotatable bonds is 5. The van der Waals surface area contributed by atoms with E-state index in [0.717, 1.165) is 6.42 Å². The molecule has 2 aliphatic heterocycles. The lowest BCUT2D eigenvalue weighted by Gasteiger charge is -2.28. The van der Waals surface area contributed by atoms with E-state index in [1.165, 1.54) is 12.8 Å². The van der Waals surface area contributed by atoms with Crippen LogP contribution in [0.5, 0.6) is 0 Å². The molecule has 0 radical (unpaired) electrons. The van der Waals surface area contributed by atoms with Gasteiger partial charge in [0.1, 0.15) is 11.9 Å². The molecule has 2 fully saturated rings. The summed E-state index contributed by atoms with van der Waals surface area (Å²) in [7, 11) is 0. The van der Waals surface area contributed by atoms with Gasteiger partial charge in [-0.1, -0.05) is 0 Å². The fourth-order valence-corrected chi connectivity index (χ4v) is 3.48. The molecule has 1 aliphatic carbocycles. The number of nitrogens with zero attached hydrogens (tertiary/aromatic N) is 2. The van der Waals surface area contributed by atoms with Crippen LogP contribution in [-0.2, 0) is 29.0 Å². The predicted octanol–water partition coefficient (Wildman–Crippen LogP) is -0.405. The number of imide groups is 1. The lowest BCUT2D eigenvalue weighted by atomic mass is 10.0. The summed E-state index contributed by atoms with van der Waals surface area (Å²) in [5.74, 6) is 0.821. The second-order valence-electron chi connectivity index (χ2n) is 7.20. The second kappa shape index (κ2) is 6.54. The van der Waals surface area contributed by atoms with Crippen LogP contribution >= 0.6 is 0 Å². The number of H-pyrrole nitrogens is 1. The highest BCUT2D eigenvalue weighted by atomic mass is 16.2. The van der Waals surface area contributed by atoms with Crippen LogP contribution in [-0.4, -0.2) is 45.3 Å². The number of urea groups is 1. The first kappa shape index (κ1) is 16.7. The molecule has 9 nitrogen and oxygen atoms in total. The molecule has 3 N–H and O–H groups in total. The Morgan fingerprint density at radius 2 is 2.04 bits per heavy atom. The van der Waals surface area contributed by atoms with E-state index in [9.17, 15) is 19.2 Å². The fraction of sp³-hybridized carbons (Fsp3) is 0.588. The van der Waals surface area contributed by atoms with E-state index in [0.29, 0.717) is 42.5 Å². The molecule has 138 valence electrons. The second-order valence-corrected chi connectivity index (χ2v) is 7.20. The van der Waals surface area contributed by atoms with Crippen LogP contribution in [0.3, 0.4) is 0 Å². The Balaban J connectivity index is 1.39. The van der Waals surface area contributed by atoms with Crippen molar-refractivity contribution < 1.29 is 14.4 Å². The zero-order valence-corrected chi connectivity index (χ0v) is 14.3. The molecular weight excluding hydrogens is 338 g/mol. The smallest absolute Gasteiger partial charge is 0.322 e. The number of hydrogen-bond donors (Lipinski definition) is 3. The fourth-order valence-electron chi connectivity index (χ4n) is 3.48. The van der Waals surface area contributed by atoms with Crippen molar-refractivity contribution in [2.75, 3.05) is 6.54 Å². The Morgan fingerprint density at radius 3 is 2.73 bits per heavy atom. The van der Waals surface area contributed by atoms with Crippen molar-refractivity contribution in [3.8, 4) is 0 Å². The van der Waals surface area contributed by atoms with Gasteiger partial charge in [-0.2, -0.15) is 0 Å². The largest absolute Gasteiger partial charge is 0.336 e. The summed E-state index contributed by atoms with van der Waals surface area (Å²) in [6, 6.07) is -1.18. The third-order valence-corrected chi connectivity index (χ3v) is 5.16.